The normalized spacial score (nSPS) is 36.4. The molecule has 1 N–H and O–H groups in total. The lowest BCUT2D eigenvalue weighted by Gasteiger charge is -2.63. The summed E-state index contributed by atoms with van der Waals surface area (Å²) in [5.41, 5.74) is -1.70. The lowest BCUT2D eigenvalue weighted by Crippen LogP contribution is -2.74. The molecule has 1 aliphatic heterocycles. The van der Waals surface area contributed by atoms with Crippen molar-refractivity contribution in [2.45, 2.75) is 25.3 Å². The summed E-state index contributed by atoms with van der Waals surface area (Å²) in [6.45, 7) is 1.89. The average molecular weight is 325 g/mol. The third-order valence-corrected chi connectivity index (χ3v) is 5.80. The summed E-state index contributed by atoms with van der Waals surface area (Å²) in [6.07, 6.45) is 5.61. The molecule has 3 aliphatic rings. The molecule has 24 heavy (non-hydrogen) atoms. The van der Waals surface area contributed by atoms with Crippen LogP contribution in [0.2, 0.25) is 0 Å². The Bertz CT molecular complexity index is 756. The quantitative estimate of drug-likeness (QED) is 0.397. The monoisotopic (exact) mass is 325 g/mol. The van der Waals surface area contributed by atoms with Crippen molar-refractivity contribution in [2.75, 3.05) is 6.61 Å². The van der Waals surface area contributed by atoms with Gasteiger partial charge in [-0.05, 0) is 31.2 Å². The van der Waals surface area contributed by atoms with E-state index in [2.05, 4.69) is 11.4 Å². The number of hydrogen-bond donors (Lipinski definition) is 1. The molecule has 0 spiro atoms. The van der Waals surface area contributed by atoms with Crippen LogP contribution in [0.4, 0.5) is 0 Å². The van der Waals surface area contributed by atoms with Gasteiger partial charge in [-0.15, -0.1) is 0 Å². The van der Waals surface area contributed by atoms with E-state index in [1.807, 2.05) is 36.4 Å². The molecule has 1 aromatic carbocycles. The van der Waals surface area contributed by atoms with Gasteiger partial charge in [0.25, 0.3) is 5.91 Å². The van der Waals surface area contributed by atoms with Crippen LogP contribution < -0.4 is 5.32 Å². The van der Waals surface area contributed by atoms with E-state index in [-0.39, 0.29) is 18.4 Å². The third-order valence-electron chi connectivity index (χ3n) is 5.80. The van der Waals surface area contributed by atoms with E-state index >= 15 is 0 Å². The maximum atomic E-state index is 13.0. The van der Waals surface area contributed by atoms with Gasteiger partial charge >= 0.3 is 5.97 Å². The van der Waals surface area contributed by atoms with E-state index in [9.17, 15) is 14.4 Å². The van der Waals surface area contributed by atoms with Gasteiger partial charge < -0.3 is 10.1 Å². The number of nitrogens with one attached hydrogen (secondary N) is 1. The molecule has 1 saturated heterocycles. The van der Waals surface area contributed by atoms with Crippen molar-refractivity contribution >= 4 is 17.7 Å². The molecule has 124 valence electrons. The summed E-state index contributed by atoms with van der Waals surface area (Å²) < 4.78 is 5.29. The van der Waals surface area contributed by atoms with Gasteiger partial charge in [0.1, 0.15) is 0 Å². The van der Waals surface area contributed by atoms with Crippen LogP contribution in [0.5, 0.6) is 0 Å². The smallest absolute Gasteiger partial charge is 0.323 e. The zero-order valence-corrected chi connectivity index (χ0v) is 13.5. The van der Waals surface area contributed by atoms with Crippen LogP contribution in [0.3, 0.4) is 0 Å². The van der Waals surface area contributed by atoms with E-state index in [1.54, 1.807) is 6.92 Å². The largest absolute Gasteiger partial charge is 0.465 e. The van der Waals surface area contributed by atoms with Gasteiger partial charge in [-0.25, -0.2) is 0 Å². The van der Waals surface area contributed by atoms with Crippen LogP contribution in [0.15, 0.2) is 42.5 Å². The van der Waals surface area contributed by atoms with Crippen LogP contribution in [0.1, 0.15) is 25.3 Å². The SMILES string of the molecule is CCOC(=O)[C@@]12C(=O)C(=O)N[C@]1(c1ccccc1)[C@H]1C=CCC[C@@H]12. The first kappa shape index (κ1) is 15.1. The van der Waals surface area contributed by atoms with E-state index in [1.165, 1.54) is 0 Å². The summed E-state index contributed by atoms with van der Waals surface area (Å²) >= 11 is 0. The Labute approximate surface area is 140 Å². The first-order valence-electron chi connectivity index (χ1n) is 8.37. The number of allylic oxidation sites excluding steroid dienone is 1. The summed E-state index contributed by atoms with van der Waals surface area (Å²) in [7, 11) is 0. The minimum atomic E-state index is -1.45. The van der Waals surface area contributed by atoms with Gasteiger partial charge in [0, 0.05) is 5.92 Å². The van der Waals surface area contributed by atoms with Crippen molar-refractivity contribution in [1.82, 2.24) is 5.32 Å². The highest BCUT2D eigenvalue weighted by molar-refractivity contribution is 6.46. The number of carbonyl (C=O) groups is 3. The van der Waals surface area contributed by atoms with Crippen molar-refractivity contribution in [3.05, 3.63) is 48.0 Å². The molecule has 2 fully saturated rings. The zero-order chi connectivity index (χ0) is 16.9. The van der Waals surface area contributed by atoms with E-state index < -0.39 is 28.6 Å². The van der Waals surface area contributed by atoms with E-state index in [4.69, 9.17) is 4.74 Å². The van der Waals surface area contributed by atoms with Crippen LogP contribution in [-0.2, 0) is 24.7 Å². The lowest BCUT2D eigenvalue weighted by molar-refractivity contribution is -0.194. The zero-order valence-electron chi connectivity index (χ0n) is 13.5. The van der Waals surface area contributed by atoms with E-state index in [0.717, 1.165) is 12.0 Å². The van der Waals surface area contributed by atoms with Crippen molar-refractivity contribution in [1.29, 1.82) is 0 Å². The molecule has 1 saturated carbocycles. The molecule has 1 heterocycles. The van der Waals surface area contributed by atoms with Gasteiger partial charge in [-0.1, -0.05) is 42.5 Å². The van der Waals surface area contributed by atoms with Gasteiger partial charge in [-0.2, -0.15) is 0 Å². The van der Waals surface area contributed by atoms with Crippen molar-refractivity contribution < 1.29 is 19.1 Å². The van der Waals surface area contributed by atoms with Gasteiger partial charge in [0.05, 0.1) is 12.1 Å². The number of esters is 1. The van der Waals surface area contributed by atoms with Crippen molar-refractivity contribution in [3.8, 4) is 0 Å². The molecule has 4 atom stereocenters. The molecule has 5 heteroatoms. The molecule has 5 nitrogen and oxygen atoms in total. The molecule has 1 aromatic rings. The number of ketones is 1. The molecular formula is C19H19NO4. The highest BCUT2D eigenvalue weighted by Crippen LogP contribution is 2.69. The van der Waals surface area contributed by atoms with Gasteiger partial charge in [0.15, 0.2) is 5.41 Å². The molecule has 0 aromatic heterocycles. The first-order valence-corrected chi connectivity index (χ1v) is 8.37. The maximum absolute atomic E-state index is 13.0. The second kappa shape index (κ2) is 5.03. The average Bonchev–Trinajstić information content (AvgIpc) is 2.80. The lowest BCUT2D eigenvalue weighted by atomic mass is 9.39. The minimum Gasteiger partial charge on any atom is -0.465 e. The highest BCUT2D eigenvalue weighted by atomic mass is 16.5. The second-order valence-corrected chi connectivity index (χ2v) is 6.62. The molecule has 4 rings (SSSR count). The van der Waals surface area contributed by atoms with Crippen molar-refractivity contribution in [3.63, 3.8) is 0 Å². The number of fused-ring (bicyclic) bond motifs is 4. The fourth-order valence-electron chi connectivity index (χ4n) is 5.01. The number of benzene rings is 1. The Balaban J connectivity index is 1.97. The number of amides is 1. The van der Waals surface area contributed by atoms with Gasteiger partial charge in [-0.3, -0.25) is 14.4 Å². The number of rotatable bonds is 3. The Morgan fingerprint density at radius 2 is 2.04 bits per heavy atom. The maximum Gasteiger partial charge on any atom is 0.323 e. The number of hydrogen-bond acceptors (Lipinski definition) is 4. The second-order valence-electron chi connectivity index (χ2n) is 6.62. The van der Waals surface area contributed by atoms with Crippen LogP contribution >= 0.6 is 0 Å². The van der Waals surface area contributed by atoms with E-state index in [0.29, 0.717) is 6.42 Å². The Hall–Kier alpha value is -2.43. The molecule has 0 bridgehead atoms. The number of carbonyl (C=O) groups excluding carboxylic acids is 3. The summed E-state index contributed by atoms with van der Waals surface area (Å²) in [5.74, 6) is -2.19. The standard InChI is InChI=1S/C19H19NO4/c1-2-24-17(23)18-13-10-6-7-11-14(13)19(18,20-16(22)15(18)21)12-8-4-3-5-9-12/h3-5,7-9,11,13-14H,2,6,10H2,1H3,(H,20,22)/t13-,14-,18+,19+/m0/s1. The molecule has 0 radical (unpaired) electrons. The number of ether oxygens (including phenoxy) is 1. The van der Waals surface area contributed by atoms with Crippen LogP contribution in [-0.4, -0.2) is 24.3 Å². The summed E-state index contributed by atoms with van der Waals surface area (Å²) in [5, 5.41) is 2.87. The Morgan fingerprint density at radius 3 is 2.75 bits per heavy atom. The fraction of sp³-hybridized carbons (Fsp3) is 0.421. The summed E-state index contributed by atoms with van der Waals surface area (Å²) in [6, 6.07) is 9.32. The van der Waals surface area contributed by atoms with Crippen molar-refractivity contribution in [2.24, 2.45) is 17.3 Å². The molecule has 0 unspecified atom stereocenters. The fourth-order valence-corrected chi connectivity index (χ4v) is 5.01. The predicted molar refractivity (Wildman–Crippen MR) is 85.7 cm³/mol. The highest BCUT2D eigenvalue weighted by Gasteiger charge is 2.84. The summed E-state index contributed by atoms with van der Waals surface area (Å²) in [4.78, 5) is 38.2. The Kier molecular flexibility index (Phi) is 3.17. The predicted octanol–water partition coefficient (Wildman–Crippen LogP) is 1.73. The number of Topliss-reactive ketones (excluding diaryl/α,β-unsaturated/α-hetero) is 1. The Morgan fingerprint density at radius 1 is 1.29 bits per heavy atom. The minimum absolute atomic E-state index is 0.0755. The first-order chi connectivity index (χ1) is 11.6. The third kappa shape index (κ3) is 1.48. The molecular weight excluding hydrogens is 306 g/mol. The molecule has 1 amide bonds. The van der Waals surface area contributed by atoms with Gasteiger partial charge in [0.2, 0.25) is 5.78 Å². The topological polar surface area (TPSA) is 72.5 Å². The molecule has 2 aliphatic carbocycles. The van der Waals surface area contributed by atoms with Crippen LogP contribution in [0.25, 0.3) is 0 Å². The van der Waals surface area contributed by atoms with Crippen LogP contribution in [0, 0.1) is 17.3 Å².